The lowest BCUT2D eigenvalue weighted by Gasteiger charge is -2.08. The summed E-state index contributed by atoms with van der Waals surface area (Å²) in [5, 5.41) is 7.68. The van der Waals surface area contributed by atoms with Gasteiger partial charge in [0.1, 0.15) is 12.1 Å². The number of pyridine rings is 1. The van der Waals surface area contributed by atoms with Gasteiger partial charge in [-0.25, -0.2) is 19.6 Å². The number of anilines is 1. The standard InChI is InChI=1S/C17H20N6O/c1-4-24-17-8-15(20-11-21-17)18-9-14-5-6-16(19-10-14)23-13(3)7-12(2)22-23/h5-8,10-11H,4,9H2,1-3H3,(H,18,20,21). The van der Waals surface area contributed by atoms with Crippen LogP contribution in [0.1, 0.15) is 23.9 Å². The predicted octanol–water partition coefficient (Wildman–Crippen LogP) is 2.68. The van der Waals surface area contributed by atoms with E-state index >= 15 is 0 Å². The third-order valence-corrected chi connectivity index (χ3v) is 3.44. The SMILES string of the molecule is CCOc1cc(NCc2ccc(-n3nc(C)cc3C)nc2)ncn1. The summed E-state index contributed by atoms with van der Waals surface area (Å²) in [5.74, 6) is 2.09. The van der Waals surface area contributed by atoms with Crippen molar-refractivity contribution < 1.29 is 4.74 Å². The highest BCUT2D eigenvalue weighted by Gasteiger charge is 2.05. The van der Waals surface area contributed by atoms with Crippen LogP contribution in [-0.4, -0.2) is 31.3 Å². The minimum atomic E-state index is 0.563. The van der Waals surface area contributed by atoms with E-state index in [2.05, 4.69) is 25.4 Å². The van der Waals surface area contributed by atoms with Gasteiger partial charge in [-0.3, -0.25) is 0 Å². The maximum Gasteiger partial charge on any atom is 0.218 e. The molecule has 0 unspecified atom stereocenters. The van der Waals surface area contributed by atoms with Crippen molar-refractivity contribution in [2.24, 2.45) is 0 Å². The minimum absolute atomic E-state index is 0.563. The van der Waals surface area contributed by atoms with Crippen molar-refractivity contribution in [1.82, 2.24) is 24.7 Å². The number of aryl methyl sites for hydroxylation is 2. The predicted molar refractivity (Wildman–Crippen MR) is 91.4 cm³/mol. The molecule has 0 fully saturated rings. The van der Waals surface area contributed by atoms with Gasteiger partial charge in [0.05, 0.1) is 12.3 Å². The summed E-state index contributed by atoms with van der Waals surface area (Å²) >= 11 is 0. The highest BCUT2D eigenvalue weighted by atomic mass is 16.5. The highest BCUT2D eigenvalue weighted by molar-refractivity contribution is 5.38. The highest BCUT2D eigenvalue weighted by Crippen LogP contribution is 2.13. The summed E-state index contributed by atoms with van der Waals surface area (Å²) in [6.45, 7) is 7.11. The quantitative estimate of drug-likeness (QED) is 0.751. The molecule has 0 spiro atoms. The van der Waals surface area contributed by atoms with Gasteiger partial charge in [-0.2, -0.15) is 5.10 Å². The Labute approximate surface area is 140 Å². The number of hydrogen-bond acceptors (Lipinski definition) is 6. The monoisotopic (exact) mass is 324 g/mol. The molecule has 0 saturated carbocycles. The zero-order valence-corrected chi connectivity index (χ0v) is 14.0. The molecule has 1 N–H and O–H groups in total. The molecule has 0 atom stereocenters. The lowest BCUT2D eigenvalue weighted by atomic mass is 10.3. The van der Waals surface area contributed by atoms with Gasteiger partial charge in [0, 0.05) is 24.5 Å². The number of nitrogens with zero attached hydrogens (tertiary/aromatic N) is 5. The molecule has 0 saturated heterocycles. The topological polar surface area (TPSA) is 77.8 Å². The number of ether oxygens (including phenoxy) is 1. The van der Waals surface area contributed by atoms with E-state index in [-0.39, 0.29) is 0 Å². The first-order chi connectivity index (χ1) is 11.7. The van der Waals surface area contributed by atoms with E-state index in [0.717, 1.165) is 28.6 Å². The molecule has 0 amide bonds. The molecule has 0 bridgehead atoms. The maximum atomic E-state index is 5.36. The van der Waals surface area contributed by atoms with Crippen LogP contribution < -0.4 is 10.1 Å². The first-order valence-electron chi connectivity index (χ1n) is 7.83. The summed E-state index contributed by atoms with van der Waals surface area (Å²) < 4.78 is 7.20. The van der Waals surface area contributed by atoms with Crippen LogP contribution in [0.5, 0.6) is 5.88 Å². The molecule has 0 aliphatic heterocycles. The van der Waals surface area contributed by atoms with Gasteiger partial charge in [0.25, 0.3) is 0 Å². The normalized spacial score (nSPS) is 10.6. The molecule has 0 aliphatic carbocycles. The molecule has 3 aromatic heterocycles. The average Bonchev–Trinajstić information content (AvgIpc) is 2.93. The first-order valence-corrected chi connectivity index (χ1v) is 7.83. The third-order valence-electron chi connectivity index (χ3n) is 3.44. The van der Waals surface area contributed by atoms with Gasteiger partial charge in [0.2, 0.25) is 5.88 Å². The molecule has 3 rings (SSSR count). The van der Waals surface area contributed by atoms with E-state index in [9.17, 15) is 0 Å². The fourth-order valence-corrected chi connectivity index (χ4v) is 2.36. The number of aromatic nitrogens is 5. The van der Waals surface area contributed by atoms with Crippen LogP contribution in [0.3, 0.4) is 0 Å². The average molecular weight is 324 g/mol. The van der Waals surface area contributed by atoms with Crippen LogP contribution in [0.2, 0.25) is 0 Å². The molecular formula is C17H20N6O. The molecule has 0 radical (unpaired) electrons. The Balaban J connectivity index is 1.66. The van der Waals surface area contributed by atoms with Gasteiger partial charge in [-0.05, 0) is 38.5 Å². The van der Waals surface area contributed by atoms with Crippen LogP contribution >= 0.6 is 0 Å². The number of hydrogen-bond donors (Lipinski definition) is 1. The molecule has 24 heavy (non-hydrogen) atoms. The molecular weight excluding hydrogens is 304 g/mol. The largest absolute Gasteiger partial charge is 0.478 e. The zero-order chi connectivity index (χ0) is 16.9. The molecule has 7 heteroatoms. The summed E-state index contributed by atoms with van der Waals surface area (Å²) in [4.78, 5) is 12.7. The third kappa shape index (κ3) is 3.68. The second-order valence-corrected chi connectivity index (χ2v) is 5.39. The van der Waals surface area contributed by atoms with Crippen LogP contribution in [-0.2, 0) is 6.54 Å². The summed E-state index contributed by atoms with van der Waals surface area (Å²) in [6, 6.07) is 7.79. The van der Waals surface area contributed by atoms with Gasteiger partial charge >= 0.3 is 0 Å². The van der Waals surface area contributed by atoms with Crippen molar-refractivity contribution in [3.05, 3.63) is 53.7 Å². The van der Waals surface area contributed by atoms with Crippen molar-refractivity contribution in [2.45, 2.75) is 27.3 Å². The van der Waals surface area contributed by atoms with E-state index < -0.39 is 0 Å². The molecule has 3 heterocycles. The number of rotatable bonds is 6. The van der Waals surface area contributed by atoms with Crippen LogP contribution in [0.25, 0.3) is 5.82 Å². The molecule has 7 nitrogen and oxygen atoms in total. The van der Waals surface area contributed by atoms with Crippen molar-refractivity contribution >= 4 is 5.82 Å². The number of nitrogens with one attached hydrogen (secondary N) is 1. The van der Waals surface area contributed by atoms with Crippen molar-refractivity contribution in [2.75, 3.05) is 11.9 Å². The van der Waals surface area contributed by atoms with E-state index in [4.69, 9.17) is 4.74 Å². The Morgan fingerprint density at radius 1 is 1.12 bits per heavy atom. The Hall–Kier alpha value is -2.96. The first kappa shape index (κ1) is 15.9. The van der Waals surface area contributed by atoms with E-state index in [1.807, 2.05) is 49.8 Å². The van der Waals surface area contributed by atoms with E-state index in [1.165, 1.54) is 6.33 Å². The summed E-state index contributed by atoms with van der Waals surface area (Å²) in [7, 11) is 0. The maximum absolute atomic E-state index is 5.36. The smallest absolute Gasteiger partial charge is 0.218 e. The lowest BCUT2D eigenvalue weighted by Crippen LogP contribution is -2.05. The van der Waals surface area contributed by atoms with Crippen molar-refractivity contribution in [3.8, 4) is 11.7 Å². The van der Waals surface area contributed by atoms with Gasteiger partial charge in [-0.15, -0.1) is 0 Å². The molecule has 0 aromatic carbocycles. The summed E-state index contributed by atoms with van der Waals surface area (Å²) in [6.07, 6.45) is 3.32. The Bertz CT molecular complexity index is 812. The zero-order valence-electron chi connectivity index (χ0n) is 14.0. The lowest BCUT2D eigenvalue weighted by molar-refractivity contribution is 0.326. The Morgan fingerprint density at radius 2 is 2.00 bits per heavy atom. The fraction of sp³-hybridized carbons (Fsp3) is 0.294. The molecule has 124 valence electrons. The van der Waals surface area contributed by atoms with Gasteiger partial charge in [0.15, 0.2) is 5.82 Å². The van der Waals surface area contributed by atoms with Gasteiger partial charge in [-0.1, -0.05) is 6.07 Å². The van der Waals surface area contributed by atoms with Crippen molar-refractivity contribution in [3.63, 3.8) is 0 Å². The van der Waals surface area contributed by atoms with Crippen molar-refractivity contribution in [1.29, 1.82) is 0 Å². The Morgan fingerprint density at radius 3 is 2.67 bits per heavy atom. The van der Waals surface area contributed by atoms with Crippen LogP contribution in [0.4, 0.5) is 5.82 Å². The van der Waals surface area contributed by atoms with Gasteiger partial charge < -0.3 is 10.1 Å². The van der Waals surface area contributed by atoms with Crippen LogP contribution in [0.15, 0.2) is 36.8 Å². The minimum Gasteiger partial charge on any atom is -0.478 e. The fourth-order valence-electron chi connectivity index (χ4n) is 2.36. The van der Waals surface area contributed by atoms with E-state index in [0.29, 0.717) is 19.0 Å². The summed E-state index contributed by atoms with van der Waals surface area (Å²) in [5.41, 5.74) is 3.10. The second-order valence-electron chi connectivity index (χ2n) is 5.39. The van der Waals surface area contributed by atoms with E-state index in [1.54, 1.807) is 6.07 Å². The van der Waals surface area contributed by atoms with Crippen LogP contribution in [0, 0.1) is 13.8 Å². The molecule has 3 aromatic rings. The molecule has 0 aliphatic rings. The Kier molecular flexibility index (Phi) is 4.69. The second kappa shape index (κ2) is 7.08.